The fraction of sp³-hybridized carbons (Fsp3) is 0.0625. The van der Waals surface area contributed by atoms with Gasteiger partial charge in [-0.05, 0) is 23.8 Å². The fourth-order valence-electron chi connectivity index (χ4n) is 2.37. The van der Waals surface area contributed by atoms with Crippen LogP contribution in [0.4, 0.5) is 11.5 Å². The molecule has 3 heterocycles. The molecule has 0 bridgehead atoms. The van der Waals surface area contributed by atoms with Gasteiger partial charge in [-0.2, -0.15) is 0 Å². The maximum absolute atomic E-state index is 11.8. The predicted molar refractivity (Wildman–Crippen MR) is 85.7 cm³/mol. The molecular weight excluding hydrogens is 296 g/mol. The molecule has 0 aliphatic carbocycles. The van der Waals surface area contributed by atoms with Crippen molar-refractivity contribution in [3.05, 3.63) is 70.9 Å². The summed E-state index contributed by atoms with van der Waals surface area (Å²) in [5.41, 5.74) is 2.06. The van der Waals surface area contributed by atoms with Crippen molar-refractivity contribution in [3.8, 4) is 0 Å². The Kier molecular flexibility index (Phi) is 3.16. The van der Waals surface area contributed by atoms with Crippen LogP contribution in [0.2, 0.25) is 0 Å². The molecular formula is C16H12N4OS. The van der Waals surface area contributed by atoms with E-state index in [4.69, 9.17) is 0 Å². The van der Waals surface area contributed by atoms with Gasteiger partial charge in [0.2, 0.25) is 0 Å². The predicted octanol–water partition coefficient (Wildman–Crippen LogP) is 2.89. The monoisotopic (exact) mass is 308 g/mol. The third-order valence-corrected chi connectivity index (χ3v) is 4.49. The zero-order chi connectivity index (χ0) is 14.9. The first kappa shape index (κ1) is 13.1. The Morgan fingerprint density at radius 1 is 1.14 bits per heavy atom. The summed E-state index contributed by atoms with van der Waals surface area (Å²) in [6, 6.07) is 11.3. The van der Waals surface area contributed by atoms with Gasteiger partial charge in [-0.1, -0.05) is 23.9 Å². The van der Waals surface area contributed by atoms with E-state index in [9.17, 15) is 4.79 Å². The first-order valence-electron chi connectivity index (χ1n) is 6.84. The molecule has 1 aromatic carbocycles. The molecule has 5 nitrogen and oxygen atoms in total. The van der Waals surface area contributed by atoms with E-state index in [0.29, 0.717) is 6.54 Å². The van der Waals surface area contributed by atoms with Crippen LogP contribution >= 0.6 is 11.8 Å². The van der Waals surface area contributed by atoms with Crippen LogP contribution in [-0.2, 0) is 6.54 Å². The molecule has 0 atom stereocenters. The number of anilines is 2. The normalized spacial score (nSPS) is 12.2. The van der Waals surface area contributed by atoms with Gasteiger partial charge >= 0.3 is 0 Å². The number of nitrogens with zero attached hydrogens (tertiary/aromatic N) is 3. The van der Waals surface area contributed by atoms with Crippen molar-refractivity contribution < 1.29 is 0 Å². The van der Waals surface area contributed by atoms with Crippen LogP contribution < -0.4 is 10.9 Å². The van der Waals surface area contributed by atoms with Gasteiger partial charge < -0.3 is 9.88 Å². The smallest absolute Gasteiger partial charge is 0.250 e. The molecule has 3 aromatic rings. The minimum absolute atomic E-state index is 0.00114. The lowest BCUT2D eigenvalue weighted by molar-refractivity contribution is 0.759. The number of pyridine rings is 1. The average molecular weight is 308 g/mol. The average Bonchev–Trinajstić information content (AvgIpc) is 2.55. The molecule has 0 fully saturated rings. The van der Waals surface area contributed by atoms with Crippen LogP contribution in [-0.4, -0.2) is 14.5 Å². The highest BCUT2D eigenvalue weighted by atomic mass is 32.2. The van der Waals surface area contributed by atoms with E-state index < -0.39 is 0 Å². The minimum Gasteiger partial charge on any atom is -0.337 e. The largest absolute Gasteiger partial charge is 0.337 e. The van der Waals surface area contributed by atoms with Gasteiger partial charge in [0.15, 0.2) is 5.82 Å². The lowest BCUT2D eigenvalue weighted by atomic mass is 10.2. The van der Waals surface area contributed by atoms with Crippen molar-refractivity contribution in [2.45, 2.75) is 16.5 Å². The standard InChI is InChI=1S/C16H12N4OS/c21-14-3-1-2-8-20(14)10-11-4-5-13-12(9-11)19-15-16(22-13)18-7-6-17-15/h1-9H,10H2,(H,17,19). The topological polar surface area (TPSA) is 59.8 Å². The highest BCUT2D eigenvalue weighted by Crippen LogP contribution is 2.41. The number of fused-ring (bicyclic) bond motifs is 2. The van der Waals surface area contributed by atoms with Crippen LogP contribution in [0.3, 0.4) is 0 Å². The minimum atomic E-state index is -0.00114. The quantitative estimate of drug-likeness (QED) is 0.617. The first-order chi connectivity index (χ1) is 10.8. The summed E-state index contributed by atoms with van der Waals surface area (Å²) in [5, 5.41) is 4.18. The van der Waals surface area contributed by atoms with Gasteiger partial charge in [0, 0.05) is 29.6 Å². The molecule has 108 valence electrons. The Morgan fingerprint density at radius 3 is 2.95 bits per heavy atom. The van der Waals surface area contributed by atoms with E-state index in [1.54, 1.807) is 47.1 Å². The SMILES string of the molecule is O=c1ccccn1Cc1ccc2c(c1)Nc1nccnc1S2. The number of hydrogen-bond acceptors (Lipinski definition) is 5. The Bertz CT molecular complexity index is 906. The van der Waals surface area contributed by atoms with E-state index in [-0.39, 0.29) is 5.56 Å². The van der Waals surface area contributed by atoms with Crippen molar-refractivity contribution in [1.82, 2.24) is 14.5 Å². The van der Waals surface area contributed by atoms with E-state index in [0.717, 1.165) is 27.0 Å². The highest BCUT2D eigenvalue weighted by molar-refractivity contribution is 7.99. The molecule has 1 N–H and O–H groups in total. The molecule has 0 spiro atoms. The zero-order valence-corrected chi connectivity index (χ0v) is 12.4. The number of benzene rings is 1. The molecule has 0 saturated heterocycles. The Hall–Kier alpha value is -2.60. The number of nitrogens with one attached hydrogen (secondary N) is 1. The van der Waals surface area contributed by atoms with Gasteiger partial charge in [0.05, 0.1) is 12.2 Å². The number of aromatic nitrogens is 3. The van der Waals surface area contributed by atoms with E-state index in [1.165, 1.54) is 0 Å². The highest BCUT2D eigenvalue weighted by Gasteiger charge is 2.17. The molecule has 0 radical (unpaired) electrons. The molecule has 2 aromatic heterocycles. The second kappa shape index (κ2) is 5.31. The van der Waals surface area contributed by atoms with Crippen molar-refractivity contribution in [2.75, 3.05) is 5.32 Å². The summed E-state index contributed by atoms with van der Waals surface area (Å²) < 4.78 is 1.69. The van der Waals surface area contributed by atoms with Gasteiger partial charge in [0.25, 0.3) is 5.56 Å². The van der Waals surface area contributed by atoms with Gasteiger partial charge in [-0.15, -0.1) is 0 Å². The lowest BCUT2D eigenvalue weighted by Crippen LogP contribution is -2.18. The van der Waals surface area contributed by atoms with Crippen LogP contribution in [0.5, 0.6) is 0 Å². The fourth-order valence-corrected chi connectivity index (χ4v) is 3.25. The Balaban J connectivity index is 1.66. The van der Waals surface area contributed by atoms with Crippen molar-refractivity contribution in [2.24, 2.45) is 0 Å². The molecule has 1 aliphatic rings. The third kappa shape index (κ3) is 2.37. The summed E-state index contributed by atoms with van der Waals surface area (Å²) in [6.45, 7) is 0.548. The van der Waals surface area contributed by atoms with Gasteiger partial charge in [-0.25, -0.2) is 9.97 Å². The van der Waals surface area contributed by atoms with Gasteiger partial charge in [-0.3, -0.25) is 4.79 Å². The molecule has 22 heavy (non-hydrogen) atoms. The maximum Gasteiger partial charge on any atom is 0.250 e. The zero-order valence-electron chi connectivity index (χ0n) is 11.6. The first-order valence-corrected chi connectivity index (χ1v) is 7.65. The Labute approximate surface area is 131 Å². The second-order valence-corrected chi connectivity index (χ2v) is 5.97. The number of rotatable bonds is 2. The molecule has 6 heteroatoms. The van der Waals surface area contributed by atoms with E-state index in [1.807, 2.05) is 18.2 Å². The summed E-state index contributed by atoms with van der Waals surface area (Å²) in [6.07, 6.45) is 5.16. The number of hydrogen-bond donors (Lipinski definition) is 1. The molecule has 0 unspecified atom stereocenters. The van der Waals surface area contributed by atoms with E-state index in [2.05, 4.69) is 21.4 Å². The third-order valence-electron chi connectivity index (χ3n) is 3.42. The maximum atomic E-state index is 11.8. The lowest BCUT2D eigenvalue weighted by Gasteiger charge is -2.19. The summed E-state index contributed by atoms with van der Waals surface area (Å²) in [5.74, 6) is 0.772. The van der Waals surface area contributed by atoms with Crippen LogP contribution in [0, 0.1) is 0 Å². The molecule has 4 rings (SSSR count). The van der Waals surface area contributed by atoms with Gasteiger partial charge in [0.1, 0.15) is 5.03 Å². The van der Waals surface area contributed by atoms with Crippen LogP contribution in [0.25, 0.3) is 0 Å². The molecule has 1 aliphatic heterocycles. The summed E-state index contributed by atoms with van der Waals surface area (Å²) in [7, 11) is 0. The van der Waals surface area contributed by atoms with Crippen LogP contribution in [0.1, 0.15) is 5.56 Å². The molecule has 0 saturated carbocycles. The molecule has 0 amide bonds. The van der Waals surface area contributed by atoms with Crippen molar-refractivity contribution in [1.29, 1.82) is 0 Å². The summed E-state index contributed by atoms with van der Waals surface area (Å²) >= 11 is 1.60. The van der Waals surface area contributed by atoms with Crippen molar-refractivity contribution >= 4 is 23.3 Å². The van der Waals surface area contributed by atoms with E-state index >= 15 is 0 Å². The van der Waals surface area contributed by atoms with Crippen LogP contribution in [0.15, 0.2) is 69.7 Å². The van der Waals surface area contributed by atoms with Crippen molar-refractivity contribution in [3.63, 3.8) is 0 Å². The summed E-state index contributed by atoms with van der Waals surface area (Å²) in [4.78, 5) is 21.5. The second-order valence-electron chi connectivity index (χ2n) is 4.93. The Morgan fingerprint density at radius 2 is 2.05 bits per heavy atom.